The third-order valence-electron chi connectivity index (χ3n) is 3.59. The predicted octanol–water partition coefficient (Wildman–Crippen LogP) is 4.07. The van der Waals surface area contributed by atoms with Crippen molar-refractivity contribution in [2.45, 2.75) is 6.18 Å². The van der Waals surface area contributed by atoms with Gasteiger partial charge in [0.05, 0.1) is 32.3 Å². The number of rotatable bonds is 2. The number of alkyl halides is 3. The van der Waals surface area contributed by atoms with Crippen LogP contribution in [0.2, 0.25) is 5.02 Å². The third kappa shape index (κ3) is 2.72. The van der Waals surface area contributed by atoms with Crippen molar-refractivity contribution < 1.29 is 27.7 Å². The monoisotopic (exact) mass is 370 g/mol. The fourth-order valence-electron chi connectivity index (χ4n) is 2.45. The van der Waals surface area contributed by atoms with Crippen molar-refractivity contribution in [1.29, 1.82) is 0 Å². The lowest BCUT2D eigenvalue weighted by atomic mass is 10.1. The van der Waals surface area contributed by atoms with Crippen molar-refractivity contribution >= 4 is 34.8 Å². The molecule has 0 saturated heterocycles. The molecule has 0 aromatic heterocycles. The average molecular weight is 371 g/mol. The lowest BCUT2D eigenvalue weighted by molar-refractivity contribution is -0.384. The van der Waals surface area contributed by atoms with Crippen molar-refractivity contribution in [3.63, 3.8) is 0 Å². The zero-order valence-corrected chi connectivity index (χ0v) is 12.8. The minimum atomic E-state index is -4.77. The Bertz CT molecular complexity index is 943. The maximum atomic E-state index is 13.0. The molecule has 128 valence electrons. The molecular formula is C15H6ClF3N2O4. The minimum absolute atomic E-state index is 0.126. The molecule has 25 heavy (non-hydrogen) atoms. The largest absolute Gasteiger partial charge is 0.417 e. The first kappa shape index (κ1) is 16.9. The summed E-state index contributed by atoms with van der Waals surface area (Å²) in [6, 6.07) is 5.64. The normalized spacial score (nSPS) is 14.0. The van der Waals surface area contributed by atoms with Gasteiger partial charge in [-0.15, -0.1) is 0 Å². The number of nitrogens with zero attached hydrogens (tertiary/aromatic N) is 2. The first-order valence-electron chi connectivity index (χ1n) is 6.65. The molecule has 0 fully saturated rings. The molecule has 0 N–H and O–H groups in total. The molecule has 2 aromatic carbocycles. The molecule has 0 atom stereocenters. The average Bonchev–Trinajstić information content (AvgIpc) is 2.78. The van der Waals surface area contributed by atoms with E-state index in [2.05, 4.69) is 0 Å². The van der Waals surface area contributed by atoms with E-state index in [4.69, 9.17) is 11.6 Å². The van der Waals surface area contributed by atoms with E-state index in [1.807, 2.05) is 0 Å². The van der Waals surface area contributed by atoms with Gasteiger partial charge in [-0.1, -0.05) is 11.6 Å². The summed E-state index contributed by atoms with van der Waals surface area (Å²) in [6.45, 7) is 0. The first-order valence-corrected chi connectivity index (χ1v) is 7.03. The van der Waals surface area contributed by atoms with Gasteiger partial charge in [-0.05, 0) is 24.3 Å². The number of hydrogen-bond acceptors (Lipinski definition) is 4. The molecular weight excluding hydrogens is 365 g/mol. The Kier molecular flexibility index (Phi) is 3.76. The number of nitro groups is 1. The fraction of sp³-hybridized carbons (Fsp3) is 0.0667. The molecule has 1 aliphatic heterocycles. The van der Waals surface area contributed by atoms with Crippen LogP contribution in [0.3, 0.4) is 0 Å². The van der Waals surface area contributed by atoms with Gasteiger partial charge in [-0.2, -0.15) is 13.2 Å². The lowest BCUT2D eigenvalue weighted by Gasteiger charge is -2.17. The predicted molar refractivity (Wildman–Crippen MR) is 80.7 cm³/mol. The molecule has 0 spiro atoms. The lowest BCUT2D eigenvalue weighted by Crippen LogP contribution is -2.29. The second-order valence-corrected chi connectivity index (χ2v) is 5.50. The van der Waals surface area contributed by atoms with Gasteiger partial charge >= 0.3 is 6.18 Å². The Labute approximate surface area is 142 Å². The van der Waals surface area contributed by atoms with Gasteiger partial charge < -0.3 is 0 Å². The van der Waals surface area contributed by atoms with Gasteiger partial charge in [0.2, 0.25) is 0 Å². The van der Waals surface area contributed by atoms with Crippen LogP contribution < -0.4 is 4.90 Å². The highest BCUT2D eigenvalue weighted by Crippen LogP contribution is 2.38. The molecule has 2 amide bonds. The standard InChI is InChI=1S/C15H6ClF3N2O4/c16-12-4-2-7(6-11(12)15(17,18)19)20-13(22)9-3-1-8(21(24)25)5-10(9)14(20)23/h1-6H. The van der Waals surface area contributed by atoms with E-state index in [0.717, 1.165) is 30.3 Å². The summed E-state index contributed by atoms with van der Waals surface area (Å²) in [4.78, 5) is 35.3. The number of halogens is 4. The van der Waals surface area contributed by atoms with E-state index >= 15 is 0 Å². The van der Waals surface area contributed by atoms with Crippen LogP contribution in [0.15, 0.2) is 36.4 Å². The maximum Gasteiger partial charge on any atom is 0.417 e. The molecule has 3 rings (SSSR count). The van der Waals surface area contributed by atoms with E-state index in [0.29, 0.717) is 11.0 Å². The number of non-ortho nitro benzene ring substituents is 1. The van der Waals surface area contributed by atoms with Crippen LogP contribution in [0.25, 0.3) is 0 Å². The van der Waals surface area contributed by atoms with Crippen LogP contribution in [-0.2, 0) is 6.18 Å². The summed E-state index contributed by atoms with van der Waals surface area (Å²) >= 11 is 5.52. The molecule has 0 aliphatic carbocycles. The van der Waals surface area contributed by atoms with Gasteiger partial charge in [0, 0.05) is 12.1 Å². The quantitative estimate of drug-likeness (QED) is 0.453. The number of imide groups is 1. The second-order valence-electron chi connectivity index (χ2n) is 5.09. The zero-order chi connectivity index (χ0) is 18.5. The summed E-state index contributed by atoms with van der Waals surface area (Å²) in [5.74, 6) is -1.82. The summed E-state index contributed by atoms with van der Waals surface area (Å²) < 4.78 is 38.9. The third-order valence-corrected chi connectivity index (χ3v) is 3.92. The highest BCUT2D eigenvalue weighted by atomic mass is 35.5. The van der Waals surface area contributed by atoms with Crippen molar-refractivity contribution in [3.8, 4) is 0 Å². The zero-order valence-electron chi connectivity index (χ0n) is 12.0. The number of anilines is 1. The summed E-state index contributed by atoms with van der Waals surface area (Å²) in [7, 11) is 0. The van der Waals surface area contributed by atoms with Gasteiger partial charge in [0.25, 0.3) is 17.5 Å². The van der Waals surface area contributed by atoms with Crippen LogP contribution in [0.5, 0.6) is 0 Å². The first-order chi connectivity index (χ1) is 11.6. The van der Waals surface area contributed by atoms with E-state index in [-0.39, 0.29) is 16.8 Å². The Morgan fingerprint density at radius 2 is 1.64 bits per heavy atom. The number of benzene rings is 2. The number of fused-ring (bicyclic) bond motifs is 1. The Hall–Kier alpha value is -2.94. The molecule has 0 radical (unpaired) electrons. The second kappa shape index (κ2) is 5.55. The smallest absolute Gasteiger partial charge is 0.268 e. The van der Waals surface area contributed by atoms with E-state index < -0.39 is 39.2 Å². The van der Waals surface area contributed by atoms with Crippen LogP contribution >= 0.6 is 11.6 Å². The van der Waals surface area contributed by atoms with Gasteiger partial charge in [-0.25, -0.2) is 4.90 Å². The summed E-state index contributed by atoms with van der Waals surface area (Å²) in [5.41, 5.74) is -2.31. The maximum absolute atomic E-state index is 13.0. The van der Waals surface area contributed by atoms with E-state index in [9.17, 15) is 32.9 Å². The molecule has 2 aromatic rings. The van der Waals surface area contributed by atoms with Gasteiger partial charge in [0.15, 0.2) is 0 Å². The van der Waals surface area contributed by atoms with Crippen LogP contribution in [0, 0.1) is 10.1 Å². The van der Waals surface area contributed by atoms with Crippen LogP contribution in [0.4, 0.5) is 24.5 Å². The number of carbonyl (C=O) groups excluding carboxylic acids is 2. The van der Waals surface area contributed by atoms with Gasteiger partial charge in [-0.3, -0.25) is 19.7 Å². The van der Waals surface area contributed by atoms with E-state index in [1.54, 1.807) is 0 Å². The van der Waals surface area contributed by atoms with Crippen LogP contribution in [-0.4, -0.2) is 16.7 Å². The fourth-order valence-corrected chi connectivity index (χ4v) is 2.67. The van der Waals surface area contributed by atoms with Crippen molar-refractivity contribution in [2.24, 2.45) is 0 Å². The van der Waals surface area contributed by atoms with Crippen LogP contribution in [0.1, 0.15) is 26.3 Å². The Balaban J connectivity index is 2.10. The molecule has 0 bridgehead atoms. The highest BCUT2D eigenvalue weighted by molar-refractivity contribution is 6.35. The summed E-state index contributed by atoms with van der Waals surface area (Å²) in [5, 5.41) is 10.2. The minimum Gasteiger partial charge on any atom is -0.268 e. The number of amides is 2. The van der Waals surface area contributed by atoms with Crippen molar-refractivity contribution in [2.75, 3.05) is 4.90 Å². The van der Waals surface area contributed by atoms with Gasteiger partial charge in [0.1, 0.15) is 0 Å². The molecule has 1 heterocycles. The Morgan fingerprint density at radius 3 is 2.24 bits per heavy atom. The highest BCUT2D eigenvalue weighted by Gasteiger charge is 2.40. The molecule has 0 saturated carbocycles. The van der Waals surface area contributed by atoms with Crippen molar-refractivity contribution in [3.05, 3.63) is 68.2 Å². The van der Waals surface area contributed by atoms with E-state index in [1.165, 1.54) is 0 Å². The molecule has 0 unspecified atom stereocenters. The number of nitro benzene ring substituents is 1. The van der Waals surface area contributed by atoms with Crippen molar-refractivity contribution in [1.82, 2.24) is 0 Å². The SMILES string of the molecule is O=C1c2ccc([N+](=O)[O-])cc2C(=O)N1c1ccc(Cl)c(C(F)(F)F)c1. The molecule has 6 nitrogen and oxygen atoms in total. The molecule has 10 heteroatoms. The number of carbonyl (C=O) groups is 2. The molecule has 1 aliphatic rings. The Morgan fingerprint density at radius 1 is 1.00 bits per heavy atom. The topological polar surface area (TPSA) is 80.5 Å². The summed E-state index contributed by atoms with van der Waals surface area (Å²) in [6.07, 6.45) is -4.77. The number of hydrogen-bond donors (Lipinski definition) is 0.